The Morgan fingerprint density at radius 1 is 1.20 bits per heavy atom. The standard InChI is InChI=1S/C17H23F3N2O3/c1-2-24-16(23)22-10-8-21(9-11-22)7-4-12-25-15-6-3-5-14(13-15)17(18,19)20/h3,5-6,13H,2,4,7-12H2,1H3. The zero-order chi connectivity index (χ0) is 18.3. The number of rotatable bonds is 6. The highest BCUT2D eigenvalue weighted by Crippen LogP contribution is 2.31. The summed E-state index contributed by atoms with van der Waals surface area (Å²) in [5.74, 6) is 0.224. The van der Waals surface area contributed by atoms with Crippen molar-refractivity contribution >= 4 is 6.09 Å². The van der Waals surface area contributed by atoms with Crippen LogP contribution in [0.15, 0.2) is 24.3 Å². The average molecular weight is 360 g/mol. The highest BCUT2D eigenvalue weighted by Gasteiger charge is 2.30. The second-order valence-electron chi connectivity index (χ2n) is 5.76. The van der Waals surface area contributed by atoms with Crippen LogP contribution in [0.3, 0.4) is 0 Å². The molecular weight excluding hydrogens is 337 g/mol. The molecule has 1 fully saturated rings. The van der Waals surface area contributed by atoms with Gasteiger partial charge in [-0.3, -0.25) is 4.90 Å². The lowest BCUT2D eigenvalue weighted by atomic mass is 10.2. The van der Waals surface area contributed by atoms with Crippen molar-refractivity contribution in [2.24, 2.45) is 0 Å². The smallest absolute Gasteiger partial charge is 0.416 e. The molecule has 0 bridgehead atoms. The lowest BCUT2D eigenvalue weighted by molar-refractivity contribution is -0.137. The Morgan fingerprint density at radius 2 is 1.92 bits per heavy atom. The average Bonchev–Trinajstić information content (AvgIpc) is 2.59. The summed E-state index contributed by atoms with van der Waals surface area (Å²) in [6, 6.07) is 4.90. The molecule has 0 atom stereocenters. The molecular formula is C17H23F3N2O3. The fraction of sp³-hybridized carbons (Fsp3) is 0.588. The highest BCUT2D eigenvalue weighted by molar-refractivity contribution is 5.67. The number of nitrogens with zero attached hydrogens (tertiary/aromatic N) is 2. The van der Waals surface area contributed by atoms with Crippen molar-refractivity contribution in [3.63, 3.8) is 0 Å². The van der Waals surface area contributed by atoms with Crippen LogP contribution >= 0.6 is 0 Å². The number of benzene rings is 1. The Hall–Kier alpha value is -1.96. The van der Waals surface area contributed by atoms with Crippen molar-refractivity contribution in [3.8, 4) is 5.75 Å². The minimum atomic E-state index is -4.36. The molecule has 25 heavy (non-hydrogen) atoms. The largest absolute Gasteiger partial charge is 0.494 e. The van der Waals surface area contributed by atoms with Gasteiger partial charge in [0.1, 0.15) is 5.75 Å². The first-order valence-electron chi connectivity index (χ1n) is 8.34. The molecule has 2 rings (SSSR count). The van der Waals surface area contributed by atoms with Crippen LogP contribution in [0.25, 0.3) is 0 Å². The third-order valence-electron chi connectivity index (χ3n) is 3.95. The Bertz CT molecular complexity index is 558. The number of halogens is 3. The number of carbonyl (C=O) groups excluding carboxylic acids is 1. The van der Waals surface area contributed by atoms with Gasteiger partial charge in [0.25, 0.3) is 0 Å². The number of hydrogen-bond donors (Lipinski definition) is 0. The Balaban J connectivity index is 1.67. The summed E-state index contributed by atoms with van der Waals surface area (Å²) in [5.41, 5.74) is -0.708. The summed E-state index contributed by atoms with van der Waals surface area (Å²) in [4.78, 5) is 15.5. The summed E-state index contributed by atoms with van der Waals surface area (Å²) < 4.78 is 48.3. The maximum Gasteiger partial charge on any atom is 0.416 e. The van der Waals surface area contributed by atoms with Crippen molar-refractivity contribution in [2.45, 2.75) is 19.5 Å². The molecule has 0 saturated carbocycles. The van der Waals surface area contributed by atoms with Crippen LogP contribution in [0.2, 0.25) is 0 Å². The molecule has 8 heteroatoms. The van der Waals surface area contributed by atoms with Gasteiger partial charge in [-0.05, 0) is 31.5 Å². The highest BCUT2D eigenvalue weighted by atomic mass is 19.4. The van der Waals surface area contributed by atoms with Gasteiger partial charge in [-0.1, -0.05) is 6.07 Å². The van der Waals surface area contributed by atoms with E-state index in [4.69, 9.17) is 9.47 Å². The lowest BCUT2D eigenvalue weighted by Gasteiger charge is -2.33. The molecule has 1 amide bonds. The van der Waals surface area contributed by atoms with E-state index < -0.39 is 11.7 Å². The molecule has 0 spiro atoms. The molecule has 0 aliphatic carbocycles. The van der Waals surface area contributed by atoms with Crippen LogP contribution in [-0.2, 0) is 10.9 Å². The van der Waals surface area contributed by atoms with E-state index in [0.717, 1.165) is 31.8 Å². The Labute approximate surface area is 145 Å². The number of carbonyl (C=O) groups is 1. The molecule has 1 aromatic carbocycles. The van der Waals surface area contributed by atoms with Gasteiger partial charge in [-0.25, -0.2) is 4.79 Å². The number of hydrogen-bond acceptors (Lipinski definition) is 4. The molecule has 1 aliphatic heterocycles. The molecule has 1 aromatic rings. The third-order valence-corrected chi connectivity index (χ3v) is 3.95. The van der Waals surface area contributed by atoms with Gasteiger partial charge in [0.2, 0.25) is 0 Å². The van der Waals surface area contributed by atoms with Crippen molar-refractivity contribution in [1.82, 2.24) is 9.80 Å². The second kappa shape index (κ2) is 8.94. The lowest BCUT2D eigenvalue weighted by Crippen LogP contribution is -2.49. The molecule has 1 heterocycles. The second-order valence-corrected chi connectivity index (χ2v) is 5.76. The van der Waals surface area contributed by atoms with Gasteiger partial charge >= 0.3 is 12.3 Å². The quantitative estimate of drug-likeness (QED) is 0.731. The molecule has 0 aromatic heterocycles. The van der Waals surface area contributed by atoms with Crippen molar-refractivity contribution in [3.05, 3.63) is 29.8 Å². The topological polar surface area (TPSA) is 42.0 Å². The zero-order valence-electron chi connectivity index (χ0n) is 14.2. The monoisotopic (exact) mass is 360 g/mol. The number of piperazine rings is 1. The molecule has 0 radical (unpaired) electrons. The fourth-order valence-corrected chi connectivity index (χ4v) is 2.61. The minimum Gasteiger partial charge on any atom is -0.494 e. The van der Waals surface area contributed by atoms with E-state index in [1.807, 2.05) is 0 Å². The van der Waals surface area contributed by atoms with Crippen molar-refractivity contribution in [1.29, 1.82) is 0 Å². The SMILES string of the molecule is CCOC(=O)N1CCN(CCCOc2cccc(C(F)(F)F)c2)CC1. The zero-order valence-corrected chi connectivity index (χ0v) is 14.2. The van der Waals surface area contributed by atoms with Crippen LogP contribution in [0.4, 0.5) is 18.0 Å². The van der Waals surface area contributed by atoms with Gasteiger partial charge in [-0.15, -0.1) is 0 Å². The normalized spacial score (nSPS) is 15.9. The molecule has 1 saturated heterocycles. The first kappa shape index (κ1) is 19.4. The summed E-state index contributed by atoms with van der Waals surface area (Å²) in [6.07, 6.45) is -3.94. The van der Waals surface area contributed by atoms with Crippen LogP contribution in [0, 0.1) is 0 Å². The van der Waals surface area contributed by atoms with Gasteiger partial charge in [-0.2, -0.15) is 13.2 Å². The first-order chi connectivity index (χ1) is 11.9. The van der Waals surface area contributed by atoms with Gasteiger partial charge in [0.15, 0.2) is 0 Å². The summed E-state index contributed by atoms with van der Waals surface area (Å²) in [5, 5.41) is 0. The van der Waals surface area contributed by atoms with E-state index in [1.165, 1.54) is 12.1 Å². The van der Waals surface area contributed by atoms with Crippen molar-refractivity contribution < 1.29 is 27.4 Å². The van der Waals surface area contributed by atoms with E-state index in [9.17, 15) is 18.0 Å². The van der Waals surface area contributed by atoms with Crippen LogP contribution in [0.1, 0.15) is 18.9 Å². The van der Waals surface area contributed by atoms with E-state index in [0.29, 0.717) is 32.7 Å². The summed E-state index contributed by atoms with van der Waals surface area (Å²) in [6.45, 7) is 6.00. The maximum absolute atomic E-state index is 12.6. The summed E-state index contributed by atoms with van der Waals surface area (Å²) in [7, 11) is 0. The van der Waals surface area contributed by atoms with Crippen molar-refractivity contribution in [2.75, 3.05) is 45.9 Å². The predicted molar refractivity (Wildman–Crippen MR) is 86.6 cm³/mol. The Morgan fingerprint density at radius 3 is 2.56 bits per heavy atom. The predicted octanol–water partition coefficient (Wildman–Crippen LogP) is 3.25. The maximum atomic E-state index is 12.6. The van der Waals surface area contributed by atoms with Crippen LogP contribution in [0.5, 0.6) is 5.75 Å². The minimum absolute atomic E-state index is 0.224. The fourth-order valence-electron chi connectivity index (χ4n) is 2.61. The molecule has 0 N–H and O–H groups in total. The van der Waals surface area contributed by atoms with Gasteiger partial charge < -0.3 is 14.4 Å². The molecule has 0 unspecified atom stereocenters. The van der Waals surface area contributed by atoms with Crippen LogP contribution < -0.4 is 4.74 Å². The number of alkyl halides is 3. The molecule has 5 nitrogen and oxygen atoms in total. The first-order valence-corrected chi connectivity index (χ1v) is 8.34. The number of amides is 1. The number of ether oxygens (including phenoxy) is 2. The Kier molecular flexibility index (Phi) is 6.92. The van der Waals surface area contributed by atoms with E-state index in [2.05, 4.69) is 4.90 Å². The summed E-state index contributed by atoms with van der Waals surface area (Å²) >= 11 is 0. The van der Waals surface area contributed by atoms with E-state index in [1.54, 1.807) is 11.8 Å². The molecule has 1 aliphatic rings. The van der Waals surface area contributed by atoms with Crippen LogP contribution in [-0.4, -0.2) is 61.8 Å². The van der Waals surface area contributed by atoms with E-state index >= 15 is 0 Å². The van der Waals surface area contributed by atoms with Gasteiger partial charge in [0.05, 0.1) is 18.8 Å². The third kappa shape index (κ3) is 6.12. The van der Waals surface area contributed by atoms with Gasteiger partial charge in [0, 0.05) is 32.7 Å². The van der Waals surface area contributed by atoms with E-state index in [-0.39, 0.29) is 11.8 Å². The molecule has 140 valence electrons.